The van der Waals surface area contributed by atoms with Gasteiger partial charge in [-0.2, -0.15) is 0 Å². The second-order valence-corrected chi connectivity index (χ2v) is 9.66. The SMILES string of the molecule is CCOC(=O)c1c(C)oc2c1c(C(c1ccnc(Oc3ccccc3)c1)N1CCOCC1)c(O)c1ccccc12. The number of carbonyl (C=O) groups excluding carboxylic acids is 1. The second kappa shape index (κ2) is 11.0. The van der Waals surface area contributed by atoms with E-state index in [0.29, 0.717) is 71.2 Å². The molecule has 1 aliphatic rings. The van der Waals surface area contributed by atoms with Crippen LogP contribution in [0.1, 0.15) is 40.2 Å². The number of phenolic OH excluding ortho intramolecular Hbond substituents is 1. The summed E-state index contributed by atoms with van der Waals surface area (Å²) in [5, 5.41) is 13.9. The molecule has 8 heteroatoms. The topological polar surface area (TPSA) is 94.3 Å². The fourth-order valence-corrected chi connectivity index (χ4v) is 5.51. The van der Waals surface area contributed by atoms with E-state index in [-0.39, 0.29) is 12.4 Å². The van der Waals surface area contributed by atoms with Gasteiger partial charge < -0.3 is 23.7 Å². The molecule has 0 aliphatic carbocycles. The zero-order chi connectivity index (χ0) is 27.6. The molecule has 8 nitrogen and oxygen atoms in total. The van der Waals surface area contributed by atoms with Gasteiger partial charge in [0.25, 0.3) is 0 Å². The van der Waals surface area contributed by atoms with E-state index in [9.17, 15) is 9.90 Å². The number of aromatic hydroxyl groups is 1. The van der Waals surface area contributed by atoms with Crippen LogP contribution in [0, 0.1) is 6.92 Å². The zero-order valence-corrected chi connectivity index (χ0v) is 22.4. The highest BCUT2D eigenvalue weighted by Gasteiger charge is 2.34. The molecule has 1 fully saturated rings. The van der Waals surface area contributed by atoms with Gasteiger partial charge in [-0.25, -0.2) is 9.78 Å². The summed E-state index contributed by atoms with van der Waals surface area (Å²) >= 11 is 0. The molecule has 0 bridgehead atoms. The third-order valence-electron chi connectivity index (χ3n) is 7.24. The first-order valence-corrected chi connectivity index (χ1v) is 13.4. The summed E-state index contributed by atoms with van der Waals surface area (Å²) < 4.78 is 23.5. The van der Waals surface area contributed by atoms with Crippen molar-refractivity contribution < 1.29 is 28.5 Å². The van der Waals surface area contributed by atoms with E-state index >= 15 is 0 Å². The zero-order valence-electron chi connectivity index (χ0n) is 22.4. The minimum absolute atomic E-state index is 0.0910. The quantitative estimate of drug-likeness (QED) is 0.238. The lowest BCUT2D eigenvalue weighted by Gasteiger charge is -2.36. The Kier molecular flexibility index (Phi) is 7.11. The first-order chi connectivity index (χ1) is 19.6. The number of rotatable bonds is 7. The van der Waals surface area contributed by atoms with E-state index in [1.54, 1.807) is 20.0 Å². The molecule has 1 saturated heterocycles. The summed E-state index contributed by atoms with van der Waals surface area (Å²) in [7, 11) is 0. The van der Waals surface area contributed by atoms with Crippen LogP contribution in [0.3, 0.4) is 0 Å². The Labute approximate surface area is 231 Å². The van der Waals surface area contributed by atoms with Gasteiger partial charge in [0.05, 0.1) is 25.9 Å². The van der Waals surface area contributed by atoms with Crippen molar-refractivity contribution in [3.8, 4) is 17.4 Å². The van der Waals surface area contributed by atoms with Gasteiger partial charge in [-0.1, -0.05) is 42.5 Å². The highest BCUT2D eigenvalue weighted by atomic mass is 16.5. The number of aryl methyl sites for hydroxylation is 1. The molecule has 40 heavy (non-hydrogen) atoms. The van der Waals surface area contributed by atoms with Crippen molar-refractivity contribution in [2.45, 2.75) is 19.9 Å². The predicted molar refractivity (Wildman–Crippen MR) is 151 cm³/mol. The number of phenols is 1. The molecule has 1 N–H and O–H groups in total. The number of fused-ring (bicyclic) bond motifs is 3. The third kappa shape index (κ3) is 4.65. The van der Waals surface area contributed by atoms with Crippen LogP contribution < -0.4 is 4.74 Å². The molecular formula is C32H30N2O6. The smallest absolute Gasteiger partial charge is 0.342 e. The first kappa shape index (κ1) is 25.9. The Morgan fingerprint density at radius 3 is 2.52 bits per heavy atom. The van der Waals surface area contributed by atoms with E-state index in [2.05, 4.69) is 9.88 Å². The van der Waals surface area contributed by atoms with Crippen LogP contribution in [-0.4, -0.2) is 53.9 Å². The van der Waals surface area contributed by atoms with Gasteiger partial charge in [-0.05, 0) is 37.6 Å². The Bertz CT molecular complexity index is 1670. The van der Waals surface area contributed by atoms with E-state index in [1.807, 2.05) is 66.7 Å². The molecule has 1 unspecified atom stereocenters. The molecule has 3 heterocycles. The normalized spacial score (nSPS) is 14.8. The summed E-state index contributed by atoms with van der Waals surface area (Å²) in [4.78, 5) is 20.0. The van der Waals surface area contributed by atoms with Crippen molar-refractivity contribution in [1.82, 2.24) is 9.88 Å². The third-order valence-corrected chi connectivity index (χ3v) is 7.24. The van der Waals surface area contributed by atoms with Crippen LogP contribution in [0.5, 0.6) is 17.4 Å². The number of hydrogen-bond donors (Lipinski definition) is 1. The Balaban J connectivity index is 1.62. The summed E-state index contributed by atoms with van der Waals surface area (Å²) in [6.07, 6.45) is 1.70. The molecule has 2 aromatic heterocycles. The largest absolute Gasteiger partial charge is 0.507 e. The average molecular weight is 539 g/mol. The summed E-state index contributed by atoms with van der Waals surface area (Å²) in [5.41, 5.74) is 2.29. The minimum Gasteiger partial charge on any atom is -0.507 e. The monoisotopic (exact) mass is 538 g/mol. The van der Waals surface area contributed by atoms with E-state index in [4.69, 9.17) is 18.6 Å². The molecule has 0 amide bonds. The first-order valence-electron chi connectivity index (χ1n) is 13.4. The number of carbonyl (C=O) groups is 1. The molecule has 1 aliphatic heterocycles. The van der Waals surface area contributed by atoms with Crippen LogP contribution in [0.15, 0.2) is 77.3 Å². The fourth-order valence-electron chi connectivity index (χ4n) is 5.51. The van der Waals surface area contributed by atoms with Crippen molar-refractivity contribution in [3.05, 3.63) is 95.4 Å². The maximum Gasteiger partial charge on any atom is 0.342 e. The molecule has 0 spiro atoms. The number of furan rings is 1. The molecule has 6 rings (SSSR count). The van der Waals surface area contributed by atoms with Crippen molar-refractivity contribution >= 4 is 27.7 Å². The number of ether oxygens (including phenoxy) is 3. The number of hydrogen-bond acceptors (Lipinski definition) is 8. The number of para-hydroxylation sites is 1. The number of esters is 1. The maximum atomic E-state index is 13.3. The van der Waals surface area contributed by atoms with Gasteiger partial charge in [0.1, 0.15) is 28.4 Å². The average Bonchev–Trinajstić information content (AvgIpc) is 3.33. The fraction of sp³-hybridized carbons (Fsp3) is 0.250. The molecule has 3 aromatic carbocycles. The standard InChI is InChI=1S/C32H30N2O6/c1-3-38-32(36)26-20(2)39-31-24-12-8-7-11-23(24)30(35)28(27(26)31)29(34-15-17-37-18-16-34)21-13-14-33-25(19-21)40-22-9-5-4-6-10-22/h4-14,19,29,35H,3,15-18H2,1-2H3. The van der Waals surface area contributed by atoms with Crippen LogP contribution in [0.2, 0.25) is 0 Å². The lowest BCUT2D eigenvalue weighted by molar-refractivity contribution is 0.0238. The maximum absolute atomic E-state index is 13.3. The number of morpholine rings is 1. The Morgan fingerprint density at radius 2 is 1.77 bits per heavy atom. The van der Waals surface area contributed by atoms with Crippen LogP contribution in [-0.2, 0) is 9.47 Å². The van der Waals surface area contributed by atoms with Crippen LogP contribution >= 0.6 is 0 Å². The molecule has 1 atom stereocenters. The van der Waals surface area contributed by atoms with Gasteiger partial charge in [-0.3, -0.25) is 4.90 Å². The molecular weight excluding hydrogens is 508 g/mol. The van der Waals surface area contributed by atoms with Gasteiger partial charge in [-0.15, -0.1) is 0 Å². The van der Waals surface area contributed by atoms with E-state index < -0.39 is 12.0 Å². The Morgan fingerprint density at radius 1 is 1.05 bits per heavy atom. The summed E-state index contributed by atoms with van der Waals surface area (Å²) in [5.74, 6) is 1.13. The highest BCUT2D eigenvalue weighted by molar-refractivity contribution is 6.16. The number of aromatic nitrogens is 1. The van der Waals surface area contributed by atoms with Gasteiger partial charge in [0.2, 0.25) is 5.88 Å². The Hall–Kier alpha value is -4.40. The van der Waals surface area contributed by atoms with Crippen molar-refractivity contribution in [3.63, 3.8) is 0 Å². The van der Waals surface area contributed by atoms with Crippen LogP contribution in [0.25, 0.3) is 21.7 Å². The number of nitrogens with zero attached hydrogens (tertiary/aromatic N) is 2. The van der Waals surface area contributed by atoms with Crippen molar-refractivity contribution in [1.29, 1.82) is 0 Å². The highest BCUT2D eigenvalue weighted by Crippen LogP contribution is 2.47. The van der Waals surface area contributed by atoms with Crippen molar-refractivity contribution in [2.75, 3.05) is 32.9 Å². The molecule has 5 aromatic rings. The van der Waals surface area contributed by atoms with Crippen LogP contribution in [0.4, 0.5) is 0 Å². The lowest BCUT2D eigenvalue weighted by atomic mass is 9.89. The van der Waals surface area contributed by atoms with Crippen molar-refractivity contribution in [2.24, 2.45) is 0 Å². The van der Waals surface area contributed by atoms with E-state index in [0.717, 1.165) is 10.9 Å². The van der Waals surface area contributed by atoms with Gasteiger partial charge >= 0.3 is 5.97 Å². The van der Waals surface area contributed by atoms with Gasteiger partial charge in [0.15, 0.2) is 0 Å². The summed E-state index contributed by atoms with van der Waals surface area (Å²) in [6, 6.07) is 20.3. The summed E-state index contributed by atoms with van der Waals surface area (Å²) in [6.45, 7) is 6.08. The number of pyridine rings is 1. The molecule has 0 radical (unpaired) electrons. The minimum atomic E-state index is -0.488. The number of benzene rings is 3. The molecule has 204 valence electrons. The molecule has 0 saturated carbocycles. The lowest BCUT2D eigenvalue weighted by Crippen LogP contribution is -2.39. The predicted octanol–water partition coefficient (Wildman–Crippen LogP) is 6.39. The van der Waals surface area contributed by atoms with E-state index in [1.165, 1.54) is 0 Å². The van der Waals surface area contributed by atoms with Gasteiger partial charge in [0, 0.05) is 47.1 Å². The second-order valence-electron chi connectivity index (χ2n) is 9.66.